The van der Waals surface area contributed by atoms with Gasteiger partial charge in [0.25, 0.3) is 5.91 Å². The van der Waals surface area contributed by atoms with Crippen LogP contribution in [0.2, 0.25) is 0 Å². The molecule has 1 amide bonds. The van der Waals surface area contributed by atoms with Gasteiger partial charge in [-0.1, -0.05) is 4.49 Å². The van der Waals surface area contributed by atoms with Gasteiger partial charge >= 0.3 is 0 Å². The van der Waals surface area contributed by atoms with E-state index in [4.69, 9.17) is 4.74 Å². The van der Waals surface area contributed by atoms with Crippen LogP contribution >= 0.6 is 11.5 Å². The van der Waals surface area contributed by atoms with Gasteiger partial charge in [0, 0.05) is 0 Å². The van der Waals surface area contributed by atoms with Crippen LogP contribution in [0, 0.1) is 0 Å². The van der Waals surface area contributed by atoms with E-state index < -0.39 is 6.10 Å². The van der Waals surface area contributed by atoms with E-state index in [0.717, 1.165) is 11.5 Å². The molecule has 0 bridgehead atoms. The molecule has 1 aliphatic heterocycles. The molecule has 1 aromatic rings. The Kier molecular flexibility index (Phi) is 2.71. The first-order chi connectivity index (χ1) is 6.77. The van der Waals surface area contributed by atoms with E-state index in [1.54, 1.807) is 0 Å². The highest BCUT2D eigenvalue weighted by Crippen LogP contribution is 2.07. The summed E-state index contributed by atoms with van der Waals surface area (Å²) < 4.78 is 8.57. The Morgan fingerprint density at radius 2 is 2.57 bits per heavy atom. The van der Waals surface area contributed by atoms with Gasteiger partial charge in [-0.15, -0.1) is 5.10 Å². The summed E-state index contributed by atoms with van der Waals surface area (Å²) in [7, 11) is 0. The van der Waals surface area contributed by atoms with E-state index in [-0.39, 0.29) is 18.6 Å². The lowest BCUT2D eigenvalue weighted by molar-refractivity contribution is 0.0890. The van der Waals surface area contributed by atoms with Crippen LogP contribution in [-0.2, 0) is 4.74 Å². The number of aliphatic hydroxyl groups is 1. The monoisotopic (exact) mass is 215 g/mol. The summed E-state index contributed by atoms with van der Waals surface area (Å²) in [5.74, 6) is -0.269. The first-order valence-corrected chi connectivity index (χ1v) is 4.89. The van der Waals surface area contributed by atoms with Crippen LogP contribution < -0.4 is 5.32 Å². The molecule has 1 aromatic heterocycles. The molecule has 2 N–H and O–H groups in total. The Bertz CT molecular complexity index is 316. The van der Waals surface area contributed by atoms with Gasteiger partial charge in [-0.25, -0.2) is 0 Å². The number of nitrogens with one attached hydrogen (secondary N) is 1. The number of ether oxygens (including phenoxy) is 1. The zero-order chi connectivity index (χ0) is 9.97. The Labute approximate surface area is 84.1 Å². The average Bonchev–Trinajstić information content (AvgIpc) is 2.77. The highest BCUT2D eigenvalue weighted by molar-refractivity contribution is 7.07. The smallest absolute Gasteiger partial charge is 0.265 e. The molecule has 14 heavy (non-hydrogen) atoms. The summed E-state index contributed by atoms with van der Waals surface area (Å²) >= 11 is 1.02. The van der Waals surface area contributed by atoms with Gasteiger partial charge in [-0.05, 0) is 11.5 Å². The third-order valence-electron chi connectivity index (χ3n) is 1.95. The normalized spacial score (nSPS) is 26.4. The Hall–Kier alpha value is -1.05. The topological polar surface area (TPSA) is 84.3 Å². The molecule has 1 aliphatic rings. The van der Waals surface area contributed by atoms with Crippen molar-refractivity contribution >= 4 is 17.4 Å². The number of hydrogen-bond donors (Lipinski definition) is 2. The fraction of sp³-hybridized carbons (Fsp3) is 0.571. The number of rotatable bonds is 2. The lowest BCUT2D eigenvalue weighted by Crippen LogP contribution is -2.42. The van der Waals surface area contributed by atoms with E-state index in [9.17, 15) is 9.90 Å². The van der Waals surface area contributed by atoms with Crippen molar-refractivity contribution in [3.8, 4) is 0 Å². The van der Waals surface area contributed by atoms with Gasteiger partial charge in [0.05, 0.1) is 31.6 Å². The second-order valence-electron chi connectivity index (χ2n) is 2.97. The fourth-order valence-corrected chi connectivity index (χ4v) is 1.61. The Balaban J connectivity index is 1.95. The SMILES string of the molecule is O=C(NC1COCC1O)c1cnns1. The quantitative estimate of drug-likeness (QED) is 0.663. The molecule has 0 radical (unpaired) electrons. The Morgan fingerprint density at radius 1 is 1.71 bits per heavy atom. The van der Waals surface area contributed by atoms with Gasteiger partial charge in [0.1, 0.15) is 4.88 Å². The molecule has 2 rings (SSSR count). The average molecular weight is 215 g/mol. The van der Waals surface area contributed by atoms with Crippen LogP contribution in [0.15, 0.2) is 6.20 Å². The summed E-state index contributed by atoms with van der Waals surface area (Å²) in [6.45, 7) is 0.616. The van der Waals surface area contributed by atoms with Crippen LogP contribution in [0.4, 0.5) is 0 Å². The maximum absolute atomic E-state index is 11.5. The van der Waals surface area contributed by atoms with Gasteiger partial charge in [0.15, 0.2) is 0 Å². The summed E-state index contributed by atoms with van der Waals surface area (Å²) in [6, 6.07) is -0.329. The molecule has 0 aliphatic carbocycles. The van der Waals surface area contributed by atoms with Gasteiger partial charge in [-0.3, -0.25) is 4.79 Å². The van der Waals surface area contributed by atoms with E-state index in [1.807, 2.05) is 0 Å². The van der Waals surface area contributed by atoms with Crippen molar-refractivity contribution in [1.29, 1.82) is 0 Å². The second kappa shape index (κ2) is 3.99. The fourth-order valence-electron chi connectivity index (χ4n) is 1.19. The molecule has 76 valence electrons. The van der Waals surface area contributed by atoms with Crippen LogP contribution in [0.1, 0.15) is 9.67 Å². The van der Waals surface area contributed by atoms with Crippen LogP contribution in [0.3, 0.4) is 0 Å². The number of carbonyl (C=O) groups excluding carboxylic acids is 1. The minimum absolute atomic E-state index is 0.269. The zero-order valence-corrected chi connectivity index (χ0v) is 8.03. The van der Waals surface area contributed by atoms with E-state index in [1.165, 1.54) is 6.20 Å². The standard InChI is InChI=1S/C7H9N3O3S/c11-5-3-13-2-4(5)9-7(12)6-1-8-10-14-6/h1,4-5,11H,2-3H2,(H,9,12). The minimum atomic E-state index is -0.625. The molecule has 0 saturated carbocycles. The molecular weight excluding hydrogens is 206 g/mol. The van der Waals surface area contributed by atoms with Crippen LogP contribution in [0.5, 0.6) is 0 Å². The Morgan fingerprint density at radius 3 is 3.14 bits per heavy atom. The number of amides is 1. The second-order valence-corrected chi connectivity index (χ2v) is 3.75. The van der Waals surface area contributed by atoms with Crippen LogP contribution in [0.25, 0.3) is 0 Å². The molecule has 2 atom stereocenters. The highest BCUT2D eigenvalue weighted by Gasteiger charge is 2.28. The number of aliphatic hydroxyl groups excluding tert-OH is 1. The third kappa shape index (κ3) is 1.89. The van der Waals surface area contributed by atoms with Gasteiger partial charge < -0.3 is 15.2 Å². The molecule has 2 heterocycles. The summed E-state index contributed by atoms with van der Waals surface area (Å²) in [4.78, 5) is 11.9. The third-order valence-corrected chi connectivity index (χ3v) is 2.62. The van der Waals surface area contributed by atoms with E-state index >= 15 is 0 Å². The van der Waals surface area contributed by atoms with Crippen molar-refractivity contribution in [2.75, 3.05) is 13.2 Å². The number of nitrogens with zero attached hydrogens (tertiary/aromatic N) is 2. The summed E-state index contributed by atoms with van der Waals surface area (Å²) in [6.07, 6.45) is 0.766. The van der Waals surface area contributed by atoms with Crippen molar-refractivity contribution in [1.82, 2.24) is 14.9 Å². The first-order valence-electron chi connectivity index (χ1n) is 4.11. The summed E-state index contributed by atoms with van der Waals surface area (Å²) in [5.41, 5.74) is 0. The maximum Gasteiger partial charge on any atom is 0.265 e. The van der Waals surface area contributed by atoms with E-state index in [2.05, 4.69) is 14.9 Å². The first kappa shape index (κ1) is 9.50. The molecule has 1 saturated heterocycles. The summed E-state index contributed by atoms with van der Waals surface area (Å²) in [5, 5.41) is 15.6. The van der Waals surface area contributed by atoms with Crippen molar-refractivity contribution < 1.29 is 14.6 Å². The predicted octanol–water partition coefficient (Wildman–Crippen LogP) is -0.972. The molecule has 2 unspecified atom stereocenters. The molecule has 0 spiro atoms. The van der Waals surface area contributed by atoms with E-state index in [0.29, 0.717) is 11.5 Å². The lowest BCUT2D eigenvalue weighted by atomic mass is 10.2. The molecule has 6 nitrogen and oxygen atoms in total. The maximum atomic E-state index is 11.5. The highest BCUT2D eigenvalue weighted by atomic mass is 32.1. The van der Waals surface area contributed by atoms with Crippen molar-refractivity contribution in [2.45, 2.75) is 12.1 Å². The van der Waals surface area contributed by atoms with Crippen molar-refractivity contribution in [2.24, 2.45) is 0 Å². The van der Waals surface area contributed by atoms with Gasteiger partial charge in [-0.2, -0.15) is 0 Å². The van der Waals surface area contributed by atoms with Gasteiger partial charge in [0.2, 0.25) is 0 Å². The zero-order valence-electron chi connectivity index (χ0n) is 7.21. The molecule has 1 fully saturated rings. The molecular formula is C7H9N3O3S. The van der Waals surface area contributed by atoms with Crippen LogP contribution in [-0.4, -0.2) is 46.0 Å². The van der Waals surface area contributed by atoms with Crippen molar-refractivity contribution in [3.05, 3.63) is 11.1 Å². The predicted molar refractivity (Wildman–Crippen MR) is 48.0 cm³/mol. The molecule has 0 aromatic carbocycles. The molecule has 7 heteroatoms. The largest absolute Gasteiger partial charge is 0.388 e. The number of carbonyl (C=O) groups is 1. The van der Waals surface area contributed by atoms with Crippen molar-refractivity contribution in [3.63, 3.8) is 0 Å². The number of aromatic nitrogens is 2. The number of hydrogen-bond acceptors (Lipinski definition) is 6. The minimum Gasteiger partial charge on any atom is -0.388 e. The lowest BCUT2D eigenvalue weighted by Gasteiger charge is -2.12.